The molecule has 0 bridgehead atoms. The van der Waals surface area contributed by atoms with E-state index >= 15 is 0 Å². The molecule has 2 atom stereocenters. The van der Waals surface area contributed by atoms with Gasteiger partial charge in [0.25, 0.3) is 0 Å². The standard InChI is InChI=1S/C8H15NO4/c1-2-13-8(11)3-9-6-4-12-5-7(6)10/h6-7,9-10H,2-5H2,1H3/t6-,7-/m1/s1. The van der Waals surface area contributed by atoms with E-state index < -0.39 is 6.10 Å². The average molecular weight is 189 g/mol. The number of aliphatic hydroxyl groups excluding tert-OH is 1. The van der Waals surface area contributed by atoms with Crippen LogP contribution >= 0.6 is 0 Å². The van der Waals surface area contributed by atoms with E-state index in [4.69, 9.17) is 9.47 Å². The van der Waals surface area contributed by atoms with Crippen LogP contribution in [0.4, 0.5) is 0 Å². The van der Waals surface area contributed by atoms with Crippen LogP contribution in [-0.4, -0.2) is 49.6 Å². The second kappa shape index (κ2) is 5.16. The third kappa shape index (κ3) is 3.30. The second-order valence-electron chi connectivity index (χ2n) is 2.90. The first kappa shape index (κ1) is 10.4. The van der Waals surface area contributed by atoms with Crippen molar-refractivity contribution in [2.45, 2.75) is 19.1 Å². The number of ether oxygens (including phenoxy) is 2. The Bertz CT molecular complexity index is 174. The number of nitrogens with one attached hydrogen (secondary N) is 1. The molecule has 1 rings (SSSR count). The molecule has 0 spiro atoms. The van der Waals surface area contributed by atoms with Gasteiger partial charge in [0, 0.05) is 0 Å². The molecule has 0 radical (unpaired) electrons. The number of esters is 1. The zero-order valence-electron chi connectivity index (χ0n) is 7.66. The minimum atomic E-state index is -0.519. The van der Waals surface area contributed by atoms with Crippen LogP contribution in [0.3, 0.4) is 0 Å². The SMILES string of the molecule is CCOC(=O)CN[C@@H]1COC[C@H]1O. The van der Waals surface area contributed by atoms with Crippen molar-refractivity contribution in [2.75, 3.05) is 26.4 Å². The van der Waals surface area contributed by atoms with Crippen LogP contribution in [0.2, 0.25) is 0 Å². The van der Waals surface area contributed by atoms with Gasteiger partial charge in [-0.15, -0.1) is 0 Å². The summed E-state index contributed by atoms with van der Waals surface area (Å²) in [6.45, 7) is 3.04. The molecule has 1 saturated heterocycles. The van der Waals surface area contributed by atoms with Crippen molar-refractivity contribution in [1.82, 2.24) is 5.32 Å². The zero-order valence-corrected chi connectivity index (χ0v) is 7.66. The number of rotatable bonds is 4. The smallest absolute Gasteiger partial charge is 0.319 e. The van der Waals surface area contributed by atoms with Crippen molar-refractivity contribution in [1.29, 1.82) is 0 Å². The van der Waals surface area contributed by atoms with Crippen molar-refractivity contribution in [3.63, 3.8) is 0 Å². The van der Waals surface area contributed by atoms with E-state index in [1.807, 2.05) is 0 Å². The highest BCUT2D eigenvalue weighted by Crippen LogP contribution is 2.04. The Morgan fingerprint density at radius 2 is 2.46 bits per heavy atom. The second-order valence-corrected chi connectivity index (χ2v) is 2.90. The number of aliphatic hydroxyl groups is 1. The summed E-state index contributed by atoms with van der Waals surface area (Å²) in [4.78, 5) is 10.9. The quantitative estimate of drug-likeness (QED) is 0.549. The van der Waals surface area contributed by atoms with Crippen molar-refractivity contribution >= 4 is 5.97 Å². The molecule has 2 N–H and O–H groups in total. The van der Waals surface area contributed by atoms with E-state index in [1.54, 1.807) is 6.92 Å². The van der Waals surface area contributed by atoms with Gasteiger partial charge in [0.15, 0.2) is 0 Å². The molecule has 1 aliphatic rings. The summed E-state index contributed by atoms with van der Waals surface area (Å²) in [5, 5.41) is 12.2. The highest BCUT2D eigenvalue weighted by Gasteiger charge is 2.25. The molecule has 0 amide bonds. The summed E-state index contributed by atoms with van der Waals surface area (Å²) in [5.74, 6) is -0.304. The van der Waals surface area contributed by atoms with Gasteiger partial charge in [0.1, 0.15) is 0 Å². The topological polar surface area (TPSA) is 67.8 Å². The number of carbonyl (C=O) groups is 1. The minimum absolute atomic E-state index is 0.124. The minimum Gasteiger partial charge on any atom is -0.465 e. The number of carbonyl (C=O) groups excluding carboxylic acids is 1. The molecular formula is C8H15NO4. The van der Waals surface area contributed by atoms with Gasteiger partial charge < -0.3 is 14.6 Å². The first-order valence-electron chi connectivity index (χ1n) is 4.39. The predicted molar refractivity (Wildman–Crippen MR) is 45.2 cm³/mol. The van der Waals surface area contributed by atoms with Gasteiger partial charge in [-0.05, 0) is 6.92 Å². The molecule has 0 aliphatic carbocycles. The maximum absolute atomic E-state index is 10.9. The zero-order chi connectivity index (χ0) is 9.68. The van der Waals surface area contributed by atoms with E-state index in [-0.39, 0.29) is 18.6 Å². The Kier molecular flexibility index (Phi) is 4.14. The highest BCUT2D eigenvalue weighted by atomic mass is 16.5. The molecule has 76 valence electrons. The monoisotopic (exact) mass is 189 g/mol. The van der Waals surface area contributed by atoms with E-state index in [1.165, 1.54) is 0 Å². The normalized spacial score (nSPS) is 27.5. The Balaban J connectivity index is 2.14. The van der Waals surface area contributed by atoms with Crippen LogP contribution in [0, 0.1) is 0 Å². The lowest BCUT2D eigenvalue weighted by atomic mass is 10.2. The average Bonchev–Trinajstić information content (AvgIpc) is 2.48. The summed E-state index contributed by atoms with van der Waals surface area (Å²) in [6.07, 6.45) is -0.519. The van der Waals surface area contributed by atoms with E-state index in [0.717, 1.165) is 0 Å². The maximum Gasteiger partial charge on any atom is 0.319 e. The van der Waals surface area contributed by atoms with Gasteiger partial charge in [-0.2, -0.15) is 0 Å². The third-order valence-corrected chi connectivity index (χ3v) is 1.86. The van der Waals surface area contributed by atoms with Crippen LogP contribution < -0.4 is 5.32 Å². The molecule has 0 saturated carbocycles. The van der Waals surface area contributed by atoms with Crippen molar-refractivity contribution in [3.05, 3.63) is 0 Å². The summed E-state index contributed by atoms with van der Waals surface area (Å²) in [6, 6.07) is -0.149. The van der Waals surface area contributed by atoms with Gasteiger partial charge >= 0.3 is 5.97 Å². The summed E-state index contributed by atoms with van der Waals surface area (Å²) < 4.78 is 9.71. The molecule has 0 aromatic rings. The van der Waals surface area contributed by atoms with Gasteiger partial charge in [0.2, 0.25) is 0 Å². The van der Waals surface area contributed by atoms with Gasteiger partial charge in [0.05, 0.1) is 38.5 Å². The van der Waals surface area contributed by atoms with E-state index in [0.29, 0.717) is 19.8 Å². The van der Waals surface area contributed by atoms with Crippen LogP contribution in [0.5, 0.6) is 0 Å². The lowest BCUT2D eigenvalue weighted by Gasteiger charge is -2.13. The van der Waals surface area contributed by atoms with Crippen molar-refractivity contribution < 1.29 is 19.4 Å². The fourth-order valence-corrected chi connectivity index (χ4v) is 1.16. The van der Waals surface area contributed by atoms with Crippen LogP contribution in [0.1, 0.15) is 6.92 Å². The Hall–Kier alpha value is -0.650. The summed E-state index contributed by atoms with van der Waals surface area (Å²) in [7, 11) is 0. The number of hydrogen-bond acceptors (Lipinski definition) is 5. The van der Waals surface area contributed by atoms with E-state index in [2.05, 4.69) is 5.32 Å². The Morgan fingerprint density at radius 1 is 1.69 bits per heavy atom. The largest absolute Gasteiger partial charge is 0.465 e. The Morgan fingerprint density at radius 3 is 3.00 bits per heavy atom. The van der Waals surface area contributed by atoms with Crippen molar-refractivity contribution in [2.24, 2.45) is 0 Å². The van der Waals surface area contributed by atoms with Gasteiger partial charge in [-0.3, -0.25) is 10.1 Å². The molecule has 0 aromatic heterocycles. The maximum atomic E-state index is 10.9. The van der Waals surface area contributed by atoms with Gasteiger partial charge in [-0.25, -0.2) is 0 Å². The highest BCUT2D eigenvalue weighted by molar-refractivity contribution is 5.71. The van der Waals surface area contributed by atoms with Crippen LogP contribution in [0.15, 0.2) is 0 Å². The number of hydrogen-bond donors (Lipinski definition) is 2. The molecule has 0 aromatic carbocycles. The predicted octanol–water partition coefficient (Wildman–Crippen LogP) is -1.10. The molecule has 1 heterocycles. The molecule has 5 heteroatoms. The Labute approximate surface area is 77.0 Å². The fourth-order valence-electron chi connectivity index (χ4n) is 1.16. The first-order valence-corrected chi connectivity index (χ1v) is 4.39. The summed E-state index contributed by atoms with van der Waals surface area (Å²) in [5.41, 5.74) is 0. The van der Waals surface area contributed by atoms with Crippen LogP contribution in [0.25, 0.3) is 0 Å². The summed E-state index contributed by atoms with van der Waals surface area (Å²) >= 11 is 0. The lowest BCUT2D eigenvalue weighted by Crippen LogP contribution is -2.41. The van der Waals surface area contributed by atoms with E-state index in [9.17, 15) is 9.90 Å². The molecule has 13 heavy (non-hydrogen) atoms. The molecule has 5 nitrogen and oxygen atoms in total. The fraction of sp³-hybridized carbons (Fsp3) is 0.875. The molecule has 1 aliphatic heterocycles. The first-order chi connectivity index (χ1) is 6.24. The van der Waals surface area contributed by atoms with Crippen LogP contribution in [-0.2, 0) is 14.3 Å². The lowest BCUT2D eigenvalue weighted by molar-refractivity contribution is -0.142. The van der Waals surface area contributed by atoms with Crippen molar-refractivity contribution in [3.8, 4) is 0 Å². The third-order valence-electron chi connectivity index (χ3n) is 1.86. The molecule has 1 fully saturated rings. The van der Waals surface area contributed by atoms with Gasteiger partial charge in [-0.1, -0.05) is 0 Å². The molecule has 0 unspecified atom stereocenters. The molecular weight excluding hydrogens is 174 g/mol.